The smallest absolute Gasteiger partial charge is 0.318 e. The predicted molar refractivity (Wildman–Crippen MR) is 231 cm³/mol. The Labute approximate surface area is 380 Å². The first kappa shape index (κ1) is 48.4. The molecule has 1 aliphatic heterocycles. The average Bonchev–Trinajstić information content (AvgIpc) is 4.16. The molecule has 348 valence electrons. The molecule has 3 fully saturated rings. The van der Waals surface area contributed by atoms with Crippen LogP contribution in [0.3, 0.4) is 0 Å². The predicted octanol–water partition coefficient (Wildman–Crippen LogP) is 5.84. The minimum Gasteiger partial charge on any atom is -0.497 e. The van der Waals surface area contributed by atoms with Crippen LogP contribution >= 0.6 is 0 Å². The van der Waals surface area contributed by atoms with Crippen molar-refractivity contribution in [2.24, 2.45) is 47.3 Å². The first-order chi connectivity index (χ1) is 31.6. The maximum atomic E-state index is 12.8. The van der Waals surface area contributed by atoms with Crippen LogP contribution < -0.4 is 4.74 Å². The Balaban J connectivity index is 0.000000171. The van der Waals surface area contributed by atoms with Crippen LogP contribution in [0.25, 0.3) is 0 Å². The van der Waals surface area contributed by atoms with Crippen molar-refractivity contribution in [2.45, 2.75) is 51.0 Å². The molecule has 10 atom stereocenters. The van der Waals surface area contributed by atoms with Gasteiger partial charge in [0.25, 0.3) is 0 Å². The number of benzene rings is 3. The van der Waals surface area contributed by atoms with Gasteiger partial charge < -0.3 is 38.6 Å². The number of fused-ring (bicyclic) bond motifs is 7. The Kier molecular flexibility index (Phi) is 15.9. The van der Waals surface area contributed by atoms with E-state index in [2.05, 4.69) is 14.2 Å². The molecule has 4 bridgehead atoms. The molecule has 6 unspecified atom stereocenters. The number of allylic oxidation sites excluding steroid dienone is 2. The topological polar surface area (TPSA) is 232 Å². The van der Waals surface area contributed by atoms with E-state index in [9.17, 15) is 48.6 Å². The van der Waals surface area contributed by atoms with Crippen molar-refractivity contribution < 1.29 is 77.0 Å². The highest BCUT2D eigenvalue weighted by molar-refractivity contribution is 5.98. The molecule has 5 aliphatic rings. The summed E-state index contributed by atoms with van der Waals surface area (Å²) in [5, 5.41) is 19.1. The van der Waals surface area contributed by atoms with E-state index in [1.165, 1.54) is 14.2 Å². The van der Waals surface area contributed by atoms with E-state index in [4.69, 9.17) is 14.2 Å². The fourth-order valence-corrected chi connectivity index (χ4v) is 9.62. The number of aliphatic carboxylic acids is 2. The van der Waals surface area contributed by atoms with Gasteiger partial charge in [-0.2, -0.15) is 0 Å². The number of carbonyl (C=O) groups excluding carboxylic acids is 6. The standard InChI is InChI=1S/C21H22O8.C17H18O3.C12H12O5/c1-28-16(22)9-12-7-13-8-14(12)18(17(13)20(25)26)21(27)29-10-15(19(23)24)11-5-3-2-4-6-11;1-13(15-6-4-3-5-7-15)17(18)20-12-14-8-10-16(19-2)11-9-14;1-16-8(13)4-5-2-6-3-7(5)10-9(6)11(14)17-12(10)15/h2-7,13-15,17-18H,8-10H2,1H3,(H,23,24)(H,25,26);3-11,13H,12H2,1-2H3;2,6-7,9-10H,3-4H2,1H3/t13?,14?,15-,17+,18-;13-;/m11./s1. The van der Waals surface area contributed by atoms with Gasteiger partial charge in [0.05, 0.1) is 63.8 Å². The van der Waals surface area contributed by atoms with Crippen molar-refractivity contribution in [3.05, 3.63) is 125 Å². The molecule has 3 aromatic carbocycles. The zero-order valence-corrected chi connectivity index (χ0v) is 36.9. The quantitative estimate of drug-likeness (QED) is 0.0789. The molecule has 3 aromatic rings. The SMILES string of the molecule is COC(=O)CC1=CC2CC1C1C(=O)OC(=O)C21.COC(=O)CC1=CC2CC1[C@@H](C(=O)OC[C@@H](C(=O)O)c1ccccc1)[C@H]2C(=O)O.COc1ccc(COC(=O)[C@H](C)c2ccccc2)cc1. The highest BCUT2D eigenvalue weighted by Crippen LogP contribution is 2.56. The lowest BCUT2D eigenvalue weighted by molar-refractivity contribution is -0.160. The van der Waals surface area contributed by atoms with Gasteiger partial charge in [-0.15, -0.1) is 0 Å². The molecule has 2 saturated carbocycles. The number of hydrogen-bond acceptors (Lipinski definition) is 14. The Morgan fingerprint density at radius 3 is 1.77 bits per heavy atom. The number of carbonyl (C=O) groups is 8. The Bertz CT molecular complexity index is 2350. The maximum absolute atomic E-state index is 12.8. The summed E-state index contributed by atoms with van der Waals surface area (Å²) in [6.45, 7) is 1.74. The van der Waals surface area contributed by atoms with Crippen LogP contribution in [0.4, 0.5) is 0 Å². The molecule has 16 nitrogen and oxygen atoms in total. The van der Waals surface area contributed by atoms with Gasteiger partial charge in [0, 0.05) is 0 Å². The summed E-state index contributed by atoms with van der Waals surface area (Å²) in [5.41, 5.74) is 4.00. The lowest BCUT2D eigenvalue weighted by Crippen LogP contribution is -2.36. The molecule has 0 radical (unpaired) electrons. The van der Waals surface area contributed by atoms with Crippen LogP contribution in [0.1, 0.15) is 61.1 Å². The van der Waals surface area contributed by atoms with Gasteiger partial charge in [-0.3, -0.25) is 38.4 Å². The van der Waals surface area contributed by atoms with Gasteiger partial charge in [0.2, 0.25) is 0 Å². The Morgan fingerprint density at radius 1 is 0.667 bits per heavy atom. The largest absolute Gasteiger partial charge is 0.497 e. The van der Waals surface area contributed by atoms with E-state index in [0.29, 0.717) is 17.6 Å². The van der Waals surface area contributed by atoms with E-state index < -0.39 is 66.1 Å². The van der Waals surface area contributed by atoms with Crippen LogP contribution in [-0.4, -0.2) is 85.9 Å². The molecular weight excluding hydrogens is 857 g/mol. The molecule has 1 saturated heterocycles. The molecular formula is C50H52O16. The number of esters is 6. The molecule has 8 rings (SSSR count). The van der Waals surface area contributed by atoms with E-state index in [1.807, 2.05) is 67.6 Å². The van der Waals surface area contributed by atoms with Crippen LogP contribution in [-0.2, 0) is 68.6 Å². The summed E-state index contributed by atoms with van der Waals surface area (Å²) in [6.07, 6.45) is 5.13. The first-order valence-corrected chi connectivity index (χ1v) is 21.5. The van der Waals surface area contributed by atoms with Gasteiger partial charge >= 0.3 is 47.8 Å². The lowest BCUT2D eigenvalue weighted by Gasteiger charge is -2.27. The van der Waals surface area contributed by atoms with Gasteiger partial charge in [-0.25, -0.2) is 0 Å². The summed E-state index contributed by atoms with van der Waals surface area (Å²) in [4.78, 5) is 94.0. The highest BCUT2D eigenvalue weighted by Gasteiger charge is 2.60. The third kappa shape index (κ3) is 11.0. The molecule has 4 aliphatic carbocycles. The summed E-state index contributed by atoms with van der Waals surface area (Å²) in [7, 11) is 4.22. The van der Waals surface area contributed by atoms with Crippen LogP contribution in [0, 0.1) is 47.3 Å². The van der Waals surface area contributed by atoms with E-state index >= 15 is 0 Å². The summed E-state index contributed by atoms with van der Waals surface area (Å²) in [6, 6.07) is 25.5. The van der Waals surface area contributed by atoms with E-state index in [1.54, 1.807) is 43.5 Å². The molecule has 0 amide bonds. The number of carboxylic acid groups (broad SMARTS) is 2. The van der Waals surface area contributed by atoms with Gasteiger partial charge in [0.1, 0.15) is 24.9 Å². The summed E-state index contributed by atoms with van der Waals surface area (Å²) < 4.78 is 29.7. The number of hydrogen-bond donors (Lipinski definition) is 2. The molecule has 2 N–H and O–H groups in total. The number of ether oxygens (including phenoxy) is 6. The molecule has 66 heavy (non-hydrogen) atoms. The fourth-order valence-electron chi connectivity index (χ4n) is 9.62. The second-order valence-electron chi connectivity index (χ2n) is 16.7. The average molecular weight is 909 g/mol. The van der Waals surface area contributed by atoms with Gasteiger partial charge in [-0.05, 0) is 72.3 Å². The number of cyclic esters (lactones) is 2. The molecule has 0 spiro atoms. The zero-order valence-electron chi connectivity index (χ0n) is 36.9. The third-order valence-electron chi connectivity index (χ3n) is 13.0. The summed E-state index contributed by atoms with van der Waals surface area (Å²) >= 11 is 0. The minimum absolute atomic E-state index is 0.00441. The van der Waals surface area contributed by atoms with E-state index in [0.717, 1.165) is 28.9 Å². The van der Waals surface area contributed by atoms with Gasteiger partial charge in [-0.1, -0.05) is 96.1 Å². The molecule has 0 aromatic heterocycles. The monoisotopic (exact) mass is 908 g/mol. The second kappa shape index (κ2) is 21.7. The molecule has 1 heterocycles. The Hall–Kier alpha value is -7.10. The molecule has 16 heteroatoms. The minimum atomic E-state index is -1.14. The Morgan fingerprint density at radius 2 is 1.21 bits per heavy atom. The number of rotatable bonds is 15. The number of methoxy groups -OCH3 is 3. The van der Waals surface area contributed by atoms with Crippen molar-refractivity contribution in [3.8, 4) is 5.75 Å². The summed E-state index contributed by atoms with van der Waals surface area (Å²) in [5.74, 6) is -8.64. The normalized spacial score (nSPS) is 24.6. The number of carboxylic acids is 2. The lowest BCUT2D eigenvalue weighted by atomic mass is 9.78. The fraction of sp³-hybridized carbons (Fsp3) is 0.400. The first-order valence-electron chi connectivity index (χ1n) is 21.5. The van der Waals surface area contributed by atoms with Crippen molar-refractivity contribution in [1.82, 2.24) is 0 Å². The van der Waals surface area contributed by atoms with Crippen molar-refractivity contribution in [1.29, 1.82) is 0 Å². The van der Waals surface area contributed by atoms with Crippen LogP contribution in [0.2, 0.25) is 0 Å². The zero-order chi connectivity index (χ0) is 47.7. The highest BCUT2D eigenvalue weighted by atomic mass is 16.6. The van der Waals surface area contributed by atoms with Gasteiger partial charge in [0.15, 0.2) is 0 Å². The van der Waals surface area contributed by atoms with Crippen molar-refractivity contribution in [3.63, 3.8) is 0 Å². The second-order valence-corrected chi connectivity index (χ2v) is 16.7. The maximum Gasteiger partial charge on any atom is 0.318 e. The van der Waals surface area contributed by atoms with E-state index in [-0.39, 0.29) is 66.9 Å². The van der Waals surface area contributed by atoms with Crippen LogP contribution in [0.15, 0.2) is 108 Å². The third-order valence-corrected chi connectivity index (χ3v) is 13.0. The van der Waals surface area contributed by atoms with Crippen molar-refractivity contribution >= 4 is 47.8 Å². The van der Waals surface area contributed by atoms with Crippen molar-refractivity contribution in [2.75, 3.05) is 27.9 Å². The van der Waals surface area contributed by atoms with Crippen LogP contribution in [0.5, 0.6) is 5.75 Å².